The first kappa shape index (κ1) is 21.0. The Kier molecular flexibility index (Phi) is 6.31. The number of amides is 1. The van der Waals surface area contributed by atoms with Gasteiger partial charge in [-0.3, -0.25) is 14.9 Å². The Hall–Kier alpha value is -3.21. The molecule has 8 nitrogen and oxygen atoms in total. The van der Waals surface area contributed by atoms with E-state index in [9.17, 15) is 14.9 Å². The first-order valence-electron chi connectivity index (χ1n) is 8.84. The van der Waals surface area contributed by atoms with Crippen molar-refractivity contribution in [3.63, 3.8) is 0 Å². The average Bonchev–Trinajstić information content (AvgIpc) is 3.39. The number of rotatable bonds is 7. The lowest BCUT2D eigenvalue weighted by molar-refractivity contribution is -0.384. The Morgan fingerprint density at radius 1 is 1.29 bits per heavy atom. The Balaban J connectivity index is 1.35. The number of hydrogen-bond acceptors (Lipinski definition) is 8. The fourth-order valence-electron chi connectivity index (χ4n) is 2.67. The minimum atomic E-state index is -0.527. The average molecular weight is 473 g/mol. The van der Waals surface area contributed by atoms with Crippen LogP contribution in [-0.4, -0.2) is 27.8 Å². The van der Waals surface area contributed by atoms with Crippen LogP contribution >= 0.6 is 34.7 Å². The van der Waals surface area contributed by atoms with E-state index in [1.54, 1.807) is 18.2 Å². The number of benzene rings is 2. The molecule has 2 aromatic heterocycles. The highest BCUT2D eigenvalue weighted by Gasteiger charge is 2.18. The van der Waals surface area contributed by atoms with Gasteiger partial charge in [0.15, 0.2) is 4.34 Å². The van der Waals surface area contributed by atoms with Gasteiger partial charge in [-0.1, -0.05) is 35.5 Å². The molecule has 0 aliphatic heterocycles. The molecular weight excluding hydrogens is 460 g/mol. The summed E-state index contributed by atoms with van der Waals surface area (Å²) < 4.78 is 7.46. The minimum absolute atomic E-state index is 0.162. The number of carbonyl (C=O) groups excluding carboxylic acids is 1. The van der Waals surface area contributed by atoms with E-state index >= 15 is 0 Å². The van der Waals surface area contributed by atoms with E-state index in [4.69, 9.17) is 16.0 Å². The lowest BCUT2D eigenvalue weighted by Crippen LogP contribution is -2.19. The van der Waals surface area contributed by atoms with Crippen LogP contribution in [0.15, 0.2) is 68.5 Å². The number of halogens is 1. The molecule has 31 heavy (non-hydrogen) atoms. The van der Waals surface area contributed by atoms with Crippen LogP contribution in [0.4, 0.5) is 5.69 Å². The van der Waals surface area contributed by atoms with Crippen molar-refractivity contribution in [3.05, 3.63) is 75.5 Å². The van der Waals surface area contributed by atoms with Gasteiger partial charge in [0.2, 0.25) is 0 Å². The zero-order valence-electron chi connectivity index (χ0n) is 15.6. The molecule has 0 saturated heterocycles. The van der Waals surface area contributed by atoms with Crippen molar-refractivity contribution in [2.75, 3.05) is 5.75 Å². The van der Waals surface area contributed by atoms with Gasteiger partial charge in [-0.05, 0) is 36.4 Å². The van der Waals surface area contributed by atoms with Crippen molar-refractivity contribution in [3.8, 4) is 11.3 Å². The third kappa shape index (κ3) is 5.10. The summed E-state index contributed by atoms with van der Waals surface area (Å²) in [7, 11) is 0. The summed E-state index contributed by atoms with van der Waals surface area (Å²) in [6.07, 6.45) is 1.32. The lowest BCUT2D eigenvalue weighted by atomic mass is 10.1. The number of para-hydroxylation sites is 1. The third-order valence-electron chi connectivity index (χ3n) is 4.03. The summed E-state index contributed by atoms with van der Waals surface area (Å²) in [5.74, 6) is 0.499. The molecule has 0 fully saturated rings. The van der Waals surface area contributed by atoms with Gasteiger partial charge in [-0.25, -0.2) is 10.4 Å². The Morgan fingerprint density at radius 3 is 2.94 bits per heavy atom. The van der Waals surface area contributed by atoms with Gasteiger partial charge in [0.25, 0.3) is 11.6 Å². The molecule has 1 amide bonds. The first-order chi connectivity index (χ1) is 15.0. The van der Waals surface area contributed by atoms with Crippen molar-refractivity contribution < 1.29 is 14.1 Å². The second-order valence-electron chi connectivity index (χ2n) is 6.15. The molecule has 0 bridgehead atoms. The molecule has 0 aliphatic rings. The van der Waals surface area contributed by atoms with Crippen molar-refractivity contribution >= 4 is 62.7 Å². The van der Waals surface area contributed by atoms with Gasteiger partial charge in [0, 0.05) is 11.1 Å². The smallest absolute Gasteiger partial charge is 0.281 e. The van der Waals surface area contributed by atoms with Gasteiger partial charge >= 0.3 is 0 Å². The van der Waals surface area contributed by atoms with Crippen LogP contribution in [-0.2, 0) is 4.79 Å². The van der Waals surface area contributed by atoms with Gasteiger partial charge in [-0.15, -0.1) is 11.3 Å². The standard InChI is InChI=1S/C20H13ClN4O4S2/c21-12-5-7-14(16(9-12)25(27)28)17-8-6-13(29-17)10-22-24-19(26)11-30-20-23-15-3-1-2-4-18(15)31-20/h1-10H,11H2,(H,24,26)/b22-10+. The van der Waals surface area contributed by atoms with Crippen molar-refractivity contribution in [1.29, 1.82) is 0 Å². The largest absolute Gasteiger partial charge is 0.455 e. The number of thiazole rings is 1. The highest BCUT2D eigenvalue weighted by molar-refractivity contribution is 8.01. The van der Waals surface area contributed by atoms with Crippen LogP contribution in [0.2, 0.25) is 5.02 Å². The van der Waals surface area contributed by atoms with E-state index < -0.39 is 4.92 Å². The summed E-state index contributed by atoms with van der Waals surface area (Å²) in [5.41, 5.74) is 3.46. The number of thioether (sulfide) groups is 1. The van der Waals surface area contributed by atoms with Gasteiger partial charge < -0.3 is 4.42 Å². The fraction of sp³-hybridized carbons (Fsp3) is 0.0500. The first-order valence-corrected chi connectivity index (χ1v) is 11.0. The molecular formula is C20H13ClN4O4S2. The predicted octanol–water partition coefficient (Wildman–Crippen LogP) is 5.36. The summed E-state index contributed by atoms with van der Waals surface area (Å²) in [6.45, 7) is 0. The maximum atomic E-state index is 12.0. The second kappa shape index (κ2) is 9.29. The molecule has 11 heteroatoms. The van der Waals surface area contributed by atoms with E-state index in [1.807, 2.05) is 24.3 Å². The molecule has 0 radical (unpaired) electrons. The third-order valence-corrected chi connectivity index (χ3v) is 6.45. The van der Waals surface area contributed by atoms with Crippen LogP contribution in [0.3, 0.4) is 0 Å². The molecule has 4 rings (SSSR count). The number of fused-ring (bicyclic) bond motifs is 1. The van der Waals surface area contributed by atoms with E-state index in [2.05, 4.69) is 15.5 Å². The van der Waals surface area contributed by atoms with Crippen LogP contribution < -0.4 is 5.43 Å². The summed E-state index contributed by atoms with van der Waals surface area (Å²) in [4.78, 5) is 27.2. The zero-order valence-corrected chi connectivity index (χ0v) is 18.0. The molecule has 0 unspecified atom stereocenters. The Morgan fingerprint density at radius 2 is 2.13 bits per heavy atom. The highest BCUT2D eigenvalue weighted by atomic mass is 35.5. The normalized spacial score (nSPS) is 11.3. The number of nitrogens with zero attached hydrogens (tertiary/aromatic N) is 3. The molecule has 2 heterocycles. The second-order valence-corrected chi connectivity index (χ2v) is 8.84. The summed E-state index contributed by atoms with van der Waals surface area (Å²) in [5, 5.41) is 15.4. The van der Waals surface area contributed by atoms with Gasteiger partial charge in [0.1, 0.15) is 11.5 Å². The maximum Gasteiger partial charge on any atom is 0.281 e. The van der Waals surface area contributed by atoms with Crippen LogP contribution in [0.25, 0.3) is 21.5 Å². The maximum absolute atomic E-state index is 12.0. The van der Waals surface area contributed by atoms with Crippen LogP contribution in [0, 0.1) is 10.1 Å². The van der Waals surface area contributed by atoms with Crippen molar-refractivity contribution in [2.45, 2.75) is 4.34 Å². The number of aromatic nitrogens is 1. The predicted molar refractivity (Wildman–Crippen MR) is 122 cm³/mol. The number of furan rings is 1. The number of nitro benzene ring substituents is 1. The number of nitrogens with one attached hydrogen (secondary N) is 1. The fourth-order valence-corrected chi connectivity index (χ4v) is 4.70. The lowest BCUT2D eigenvalue weighted by Gasteiger charge is -2.00. The number of carbonyl (C=O) groups is 1. The van der Waals surface area contributed by atoms with E-state index in [0.717, 1.165) is 14.6 Å². The summed E-state index contributed by atoms with van der Waals surface area (Å²) in [6, 6.07) is 15.3. The molecule has 0 aliphatic carbocycles. The highest BCUT2D eigenvalue weighted by Crippen LogP contribution is 2.33. The molecule has 0 saturated carbocycles. The van der Waals surface area contributed by atoms with Crippen LogP contribution in [0.5, 0.6) is 0 Å². The molecule has 0 spiro atoms. The van der Waals surface area contributed by atoms with Crippen molar-refractivity contribution in [2.24, 2.45) is 5.10 Å². The topological polar surface area (TPSA) is 111 Å². The molecule has 4 aromatic rings. The number of hydrazone groups is 1. The zero-order chi connectivity index (χ0) is 21.8. The minimum Gasteiger partial charge on any atom is -0.455 e. The number of hydrogen-bond donors (Lipinski definition) is 1. The van der Waals surface area contributed by atoms with Gasteiger partial charge in [-0.2, -0.15) is 5.10 Å². The number of nitro groups is 1. The van der Waals surface area contributed by atoms with Crippen molar-refractivity contribution in [1.82, 2.24) is 10.4 Å². The van der Waals surface area contributed by atoms with Crippen LogP contribution in [0.1, 0.15) is 5.76 Å². The SMILES string of the molecule is O=C(CSc1nc2ccccc2s1)N/N=C/c1ccc(-c2ccc(Cl)cc2[N+](=O)[O-])o1. The van der Waals surface area contributed by atoms with E-state index in [0.29, 0.717) is 17.1 Å². The molecule has 0 atom stereocenters. The Bertz CT molecular complexity index is 1270. The molecule has 1 N–H and O–H groups in total. The quantitative estimate of drug-likeness (QED) is 0.168. The van der Waals surface area contributed by atoms with E-state index in [1.165, 1.54) is 41.4 Å². The Labute approximate surface area is 189 Å². The van der Waals surface area contributed by atoms with E-state index in [-0.39, 0.29) is 22.4 Å². The van der Waals surface area contributed by atoms with Gasteiger partial charge in [0.05, 0.1) is 32.7 Å². The summed E-state index contributed by atoms with van der Waals surface area (Å²) >= 11 is 8.69. The molecule has 156 valence electrons. The molecule has 2 aromatic carbocycles. The monoisotopic (exact) mass is 472 g/mol.